The maximum atomic E-state index is 2.70. The molecular weight excluding hydrogens is 268 g/mol. The van der Waals surface area contributed by atoms with Gasteiger partial charge in [-0.05, 0) is 65.2 Å². The molecule has 2 heterocycles. The molecule has 21 heavy (non-hydrogen) atoms. The normalized spacial score (nSPS) is 34.7. The molecule has 1 heteroatoms. The van der Waals surface area contributed by atoms with Gasteiger partial charge in [0.1, 0.15) is 0 Å². The van der Waals surface area contributed by atoms with Crippen molar-refractivity contribution in [1.82, 2.24) is 0 Å². The van der Waals surface area contributed by atoms with Gasteiger partial charge in [-0.3, -0.25) is 0 Å². The second-order valence-corrected chi connectivity index (χ2v) is 14.3. The Bertz CT molecular complexity index is 638. The van der Waals surface area contributed by atoms with Crippen LogP contribution in [0.4, 0.5) is 0 Å². The first-order chi connectivity index (χ1) is 9.66. The maximum absolute atomic E-state index is 2.70. The van der Waals surface area contributed by atoms with Crippen molar-refractivity contribution in [3.8, 4) is 0 Å². The summed E-state index contributed by atoms with van der Waals surface area (Å²) in [6.07, 6.45) is 4.29. The number of rotatable bonds is 0. The second kappa shape index (κ2) is 3.85. The van der Waals surface area contributed by atoms with E-state index in [0.29, 0.717) is 10.8 Å². The SMILES string of the molecule is Cc1cc2c3c4c1C(C)(C)CC[Si]4(C)CCC3CC2(C)C. The van der Waals surface area contributed by atoms with Crippen molar-refractivity contribution in [3.63, 3.8) is 0 Å². The lowest BCUT2D eigenvalue weighted by Gasteiger charge is -2.48. The molecule has 0 saturated carbocycles. The third kappa shape index (κ3) is 1.67. The smallest absolute Gasteiger partial charge is 0.0652 e. The van der Waals surface area contributed by atoms with Crippen molar-refractivity contribution in [2.45, 2.75) is 89.3 Å². The van der Waals surface area contributed by atoms with Crippen molar-refractivity contribution in [3.05, 3.63) is 28.3 Å². The van der Waals surface area contributed by atoms with Crippen LogP contribution < -0.4 is 5.19 Å². The highest BCUT2D eigenvalue weighted by Gasteiger charge is 2.51. The molecule has 2 atom stereocenters. The van der Waals surface area contributed by atoms with Crippen LogP contribution in [0.5, 0.6) is 0 Å². The Kier molecular flexibility index (Phi) is 2.58. The molecule has 1 aromatic carbocycles. The van der Waals surface area contributed by atoms with Crippen LogP contribution >= 0.6 is 0 Å². The summed E-state index contributed by atoms with van der Waals surface area (Å²) in [6, 6.07) is 5.66. The summed E-state index contributed by atoms with van der Waals surface area (Å²) >= 11 is 0. The zero-order valence-electron chi connectivity index (χ0n) is 14.7. The molecule has 2 aliphatic heterocycles. The number of hydrogen-bond donors (Lipinski definition) is 0. The summed E-state index contributed by atoms with van der Waals surface area (Å²) < 4.78 is 0. The Morgan fingerprint density at radius 3 is 2.52 bits per heavy atom. The van der Waals surface area contributed by atoms with Crippen LogP contribution in [0.15, 0.2) is 6.07 Å². The Morgan fingerprint density at radius 2 is 1.81 bits per heavy atom. The van der Waals surface area contributed by atoms with Gasteiger partial charge in [0.25, 0.3) is 0 Å². The van der Waals surface area contributed by atoms with Crippen molar-refractivity contribution in [2.75, 3.05) is 0 Å². The van der Waals surface area contributed by atoms with Crippen molar-refractivity contribution in [1.29, 1.82) is 0 Å². The lowest BCUT2D eigenvalue weighted by molar-refractivity contribution is 0.464. The first-order valence-corrected chi connectivity index (χ1v) is 11.8. The fourth-order valence-corrected chi connectivity index (χ4v) is 11.0. The highest BCUT2D eigenvalue weighted by Crippen LogP contribution is 2.54. The lowest BCUT2D eigenvalue weighted by Crippen LogP contribution is -2.57. The average Bonchev–Trinajstić information content (AvgIpc) is 2.63. The quantitative estimate of drug-likeness (QED) is 0.582. The summed E-state index contributed by atoms with van der Waals surface area (Å²) in [5.74, 6) is 0.874. The van der Waals surface area contributed by atoms with Crippen molar-refractivity contribution in [2.24, 2.45) is 0 Å². The van der Waals surface area contributed by atoms with Crippen molar-refractivity contribution < 1.29 is 0 Å². The Balaban J connectivity index is 2.12. The summed E-state index contributed by atoms with van der Waals surface area (Å²) in [5, 5.41) is 1.94. The van der Waals surface area contributed by atoms with Gasteiger partial charge in [-0.15, -0.1) is 0 Å². The van der Waals surface area contributed by atoms with Gasteiger partial charge in [0.2, 0.25) is 0 Å². The molecule has 0 fully saturated rings. The van der Waals surface area contributed by atoms with Gasteiger partial charge >= 0.3 is 0 Å². The molecule has 0 spiro atoms. The molecule has 2 unspecified atom stereocenters. The zero-order chi connectivity index (χ0) is 15.2. The molecule has 3 aliphatic rings. The predicted octanol–water partition coefficient (Wildman–Crippen LogP) is 5.13. The molecule has 0 amide bonds. The van der Waals surface area contributed by atoms with Crippen molar-refractivity contribution >= 4 is 13.3 Å². The van der Waals surface area contributed by atoms with Gasteiger partial charge in [0.15, 0.2) is 0 Å². The summed E-state index contributed by atoms with van der Waals surface area (Å²) in [7, 11) is -1.20. The van der Waals surface area contributed by atoms with E-state index < -0.39 is 8.07 Å². The minimum atomic E-state index is -1.20. The van der Waals surface area contributed by atoms with Gasteiger partial charge in [0.05, 0.1) is 8.07 Å². The van der Waals surface area contributed by atoms with E-state index in [-0.39, 0.29) is 0 Å². The first-order valence-electron chi connectivity index (χ1n) is 8.85. The van der Waals surface area contributed by atoms with E-state index >= 15 is 0 Å². The van der Waals surface area contributed by atoms with Crippen LogP contribution in [0.2, 0.25) is 18.6 Å². The predicted molar refractivity (Wildman–Crippen MR) is 94.7 cm³/mol. The van der Waals surface area contributed by atoms with Gasteiger partial charge < -0.3 is 0 Å². The molecule has 0 N–H and O–H groups in total. The highest BCUT2D eigenvalue weighted by atomic mass is 28.3. The van der Waals surface area contributed by atoms with Crippen LogP contribution in [0.3, 0.4) is 0 Å². The molecule has 0 saturated heterocycles. The van der Waals surface area contributed by atoms with E-state index in [1.54, 1.807) is 22.7 Å². The topological polar surface area (TPSA) is 0 Å². The van der Waals surface area contributed by atoms with E-state index in [1.807, 2.05) is 10.8 Å². The van der Waals surface area contributed by atoms with E-state index in [9.17, 15) is 0 Å². The highest BCUT2D eigenvalue weighted by molar-refractivity contribution is 6.92. The summed E-state index contributed by atoms with van der Waals surface area (Å²) in [5.41, 5.74) is 7.76. The van der Waals surface area contributed by atoms with Crippen LogP contribution in [-0.2, 0) is 10.8 Å². The molecule has 0 bridgehead atoms. The second-order valence-electron chi connectivity index (χ2n) is 9.67. The van der Waals surface area contributed by atoms with Crippen LogP contribution in [-0.4, -0.2) is 8.07 Å². The van der Waals surface area contributed by atoms with Gasteiger partial charge in [-0.1, -0.05) is 57.6 Å². The zero-order valence-corrected chi connectivity index (χ0v) is 15.7. The van der Waals surface area contributed by atoms with Gasteiger partial charge in [0, 0.05) is 0 Å². The standard InChI is InChI=1S/C20H30Si/c1-13-11-15-16-14(12-20(15,4)5)7-9-21(6)10-8-19(2,3)17(13)18(16)21/h11,14H,7-10,12H2,1-6H3. The molecule has 1 aromatic rings. The van der Waals surface area contributed by atoms with Gasteiger partial charge in [-0.2, -0.15) is 0 Å². The monoisotopic (exact) mass is 298 g/mol. The molecule has 114 valence electrons. The third-order valence-corrected chi connectivity index (χ3v) is 11.6. The largest absolute Gasteiger partial charge is 0.0845 e. The molecule has 0 radical (unpaired) electrons. The van der Waals surface area contributed by atoms with Crippen LogP contribution in [0.1, 0.15) is 75.1 Å². The minimum absolute atomic E-state index is 0.398. The van der Waals surface area contributed by atoms with E-state index in [1.165, 1.54) is 25.3 Å². The molecule has 1 aliphatic carbocycles. The number of aryl methyl sites for hydroxylation is 1. The van der Waals surface area contributed by atoms with Crippen LogP contribution in [0.25, 0.3) is 0 Å². The van der Waals surface area contributed by atoms with Crippen LogP contribution in [0, 0.1) is 6.92 Å². The number of benzene rings is 1. The molecule has 4 rings (SSSR count). The fourth-order valence-electron chi connectivity index (χ4n) is 5.97. The summed E-state index contributed by atoms with van der Waals surface area (Å²) in [4.78, 5) is 0. The summed E-state index contributed by atoms with van der Waals surface area (Å²) in [6.45, 7) is 15.0. The van der Waals surface area contributed by atoms with Gasteiger partial charge in [-0.25, -0.2) is 0 Å². The third-order valence-electron chi connectivity index (χ3n) is 7.09. The molecule has 0 nitrogen and oxygen atoms in total. The van der Waals surface area contributed by atoms with E-state index in [4.69, 9.17) is 0 Å². The first kappa shape index (κ1) is 14.1. The van der Waals surface area contributed by atoms with E-state index in [0.717, 1.165) is 5.92 Å². The Hall–Kier alpha value is -0.563. The average molecular weight is 299 g/mol. The minimum Gasteiger partial charge on any atom is -0.0652 e. The van der Waals surface area contributed by atoms with E-state index in [2.05, 4.69) is 47.2 Å². The molecule has 0 aromatic heterocycles. The fraction of sp³-hybridized carbons (Fsp3) is 0.700. The Labute approximate surface area is 131 Å². The number of hydrogen-bond acceptors (Lipinski definition) is 0. The molecular formula is C20H30Si. The lowest BCUT2D eigenvalue weighted by atomic mass is 9.76. The Morgan fingerprint density at radius 1 is 1.10 bits per heavy atom. The maximum Gasteiger partial charge on any atom is 0.0845 e.